The zero-order valence-electron chi connectivity index (χ0n) is 25.4. The van der Waals surface area contributed by atoms with Crippen LogP contribution in [0.3, 0.4) is 0 Å². The van der Waals surface area contributed by atoms with Gasteiger partial charge in [-0.1, -0.05) is 23.7 Å². The summed E-state index contributed by atoms with van der Waals surface area (Å²) in [5, 5.41) is 12.3. The van der Waals surface area contributed by atoms with Gasteiger partial charge in [-0.2, -0.15) is 0 Å². The third-order valence-electron chi connectivity index (χ3n) is 6.52. The summed E-state index contributed by atoms with van der Waals surface area (Å²) in [5.74, 6) is -0.772. The van der Waals surface area contributed by atoms with Crippen LogP contribution in [-0.4, -0.2) is 75.1 Å². The van der Waals surface area contributed by atoms with E-state index in [9.17, 15) is 27.7 Å². The topological polar surface area (TPSA) is 164 Å². The van der Waals surface area contributed by atoms with Crippen LogP contribution in [0, 0.1) is 5.41 Å². The van der Waals surface area contributed by atoms with Crippen molar-refractivity contribution in [1.82, 2.24) is 5.32 Å². The van der Waals surface area contributed by atoms with Gasteiger partial charge in [0, 0.05) is 11.7 Å². The molecule has 0 saturated carbocycles. The molecule has 3 rings (SSSR count). The fourth-order valence-corrected chi connectivity index (χ4v) is 7.11. The normalized spacial score (nSPS) is 22.5. The van der Waals surface area contributed by atoms with Crippen LogP contribution < -0.4 is 9.84 Å². The molecule has 12 nitrogen and oxygen atoms in total. The zero-order valence-corrected chi connectivity index (χ0v) is 27.9. The van der Waals surface area contributed by atoms with Crippen LogP contribution in [0.4, 0.5) is 4.79 Å². The van der Waals surface area contributed by atoms with E-state index < -0.39 is 71.1 Å². The molecule has 15 heteroatoms. The Morgan fingerprint density at radius 1 is 1.11 bits per heavy atom. The maximum absolute atomic E-state index is 13.5. The molecule has 2 N–H and O–H groups in total. The molecule has 2 aromatic rings. The fraction of sp³-hybridized carbons (Fsp3) is 0.517. The molecule has 1 fully saturated rings. The summed E-state index contributed by atoms with van der Waals surface area (Å²) in [7, 11) is -7.66. The van der Waals surface area contributed by atoms with E-state index in [0.717, 1.165) is 0 Å². The number of rotatable bonds is 12. The summed E-state index contributed by atoms with van der Waals surface area (Å²) < 4.78 is 67.3. The lowest BCUT2D eigenvalue weighted by Crippen LogP contribution is -2.49. The van der Waals surface area contributed by atoms with E-state index in [1.807, 2.05) is 0 Å². The molecule has 1 heterocycles. The van der Waals surface area contributed by atoms with Crippen molar-refractivity contribution < 1.29 is 50.9 Å². The van der Waals surface area contributed by atoms with Gasteiger partial charge in [0.25, 0.3) is 0 Å². The number of sulfone groups is 1. The molecular formula is C29H39ClNO11PS. The van der Waals surface area contributed by atoms with Gasteiger partial charge in [0.05, 0.1) is 34.8 Å². The van der Waals surface area contributed by atoms with Gasteiger partial charge in [0.1, 0.15) is 30.7 Å². The highest BCUT2D eigenvalue weighted by Crippen LogP contribution is 2.48. The first-order chi connectivity index (χ1) is 20.4. The van der Waals surface area contributed by atoms with Crippen molar-refractivity contribution in [3.8, 4) is 5.75 Å². The molecule has 0 radical (unpaired) electrons. The Balaban J connectivity index is 1.74. The van der Waals surface area contributed by atoms with Crippen molar-refractivity contribution in [2.75, 3.05) is 19.0 Å². The van der Waals surface area contributed by atoms with Crippen molar-refractivity contribution in [2.24, 2.45) is 5.41 Å². The summed E-state index contributed by atoms with van der Waals surface area (Å²) in [6.07, 6.45) is -4.79. The van der Waals surface area contributed by atoms with Gasteiger partial charge >= 0.3 is 19.7 Å². The second-order valence-electron chi connectivity index (χ2n) is 11.6. The maximum atomic E-state index is 13.5. The summed E-state index contributed by atoms with van der Waals surface area (Å²) >= 11 is 5.85. The number of carbonyl (C=O) groups excluding carboxylic acids is 2. The molecule has 0 spiro atoms. The minimum Gasteiger partial charge on any atom is -0.462 e. The lowest BCUT2D eigenvalue weighted by Gasteiger charge is -2.28. The standard InChI is InChI=1S/C29H39ClNO11PS/c1-18(17-44(36,37)23-13-9-21(30)10-14-23)39-28(34)31-25-19(2)40-24(16-38-27(33)29(3,4)5)26(25)42-43(6,35)41-22-11-7-20(15-32)8-12-22/h7-14,18-19,24-26,32H,15-17H2,1-6H3,(H,31,34)/t18?,19-,24+,25?,26?,43?/m0/s1. The second kappa shape index (κ2) is 14.6. The summed E-state index contributed by atoms with van der Waals surface area (Å²) in [4.78, 5) is 25.4. The third-order valence-corrected chi connectivity index (χ3v) is 9.84. The quantitative estimate of drug-likeness (QED) is 0.236. The van der Waals surface area contributed by atoms with Crippen molar-refractivity contribution in [3.05, 3.63) is 59.1 Å². The molecule has 1 saturated heterocycles. The Morgan fingerprint density at radius 2 is 1.73 bits per heavy atom. The number of ether oxygens (including phenoxy) is 3. The predicted molar refractivity (Wildman–Crippen MR) is 163 cm³/mol. The molecule has 44 heavy (non-hydrogen) atoms. The Hall–Kier alpha value is -2.67. The third kappa shape index (κ3) is 10.2. The monoisotopic (exact) mass is 675 g/mol. The first kappa shape index (κ1) is 35.8. The molecule has 0 aliphatic carbocycles. The molecule has 1 aliphatic rings. The molecular weight excluding hydrogens is 637 g/mol. The molecule has 1 aliphatic heterocycles. The SMILES string of the molecule is CC(CS(=O)(=O)c1ccc(Cl)cc1)OC(=O)NC1C(OP(C)(=O)Oc2ccc(CO)cc2)[C@@H](COC(=O)C(C)(C)C)O[C@H]1C. The second-order valence-corrected chi connectivity index (χ2v) is 16.0. The Morgan fingerprint density at radius 3 is 2.30 bits per heavy atom. The van der Waals surface area contributed by atoms with Gasteiger partial charge in [-0.3, -0.25) is 9.32 Å². The highest BCUT2D eigenvalue weighted by molar-refractivity contribution is 7.91. The van der Waals surface area contributed by atoms with Gasteiger partial charge in [0.2, 0.25) is 0 Å². The molecule has 6 atom stereocenters. The lowest BCUT2D eigenvalue weighted by molar-refractivity contribution is -0.158. The van der Waals surface area contributed by atoms with E-state index in [1.165, 1.54) is 50.0 Å². The fourth-order valence-electron chi connectivity index (χ4n) is 4.30. The highest BCUT2D eigenvalue weighted by Gasteiger charge is 2.48. The van der Waals surface area contributed by atoms with Crippen LogP contribution >= 0.6 is 19.2 Å². The van der Waals surface area contributed by atoms with E-state index in [0.29, 0.717) is 10.6 Å². The van der Waals surface area contributed by atoms with Crippen molar-refractivity contribution >= 4 is 41.1 Å². The van der Waals surface area contributed by atoms with Crippen LogP contribution in [0.15, 0.2) is 53.4 Å². The van der Waals surface area contributed by atoms with Crippen LogP contribution in [-0.2, 0) is 44.5 Å². The maximum Gasteiger partial charge on any atom is 0.407 e. The van der Waals surface area contributed by atoms with Gasteiger partial charge in [-0.15, -0.1) is 0 Å². The van der Waals surface area contributed by atoms with Gasteiger partial charge in [-0.05, 0) is 76.6 Å². The number of alkyl carbamates (subject to hydrolysis) is 1. The summed E-state index contributed by atoms with van der Waals surface area (Å²) in [6, 6.07) is 10.9. The first-order valence-corrected chi connectivity index (χ1v) is 17.9. The minimum absolute atomic E-state index is 0.0291. The molecule has 4 unspecified atom stereocenters. The van der Waals surface area contributed by atoms with Gasteiger partial charge < -0.3 is 29.2 Å². The number of carbonyl (C=O) groups is 2. The molecule has 1 amide bonds. The minimum atomic E-state index is -3.87. The Kier molecular flexibility index (Phi) is 11.9. The average Bonchev–Trinajstić information content (AvgIpc) is 3.19. The van der Waals surface area contributed by atoms with Crippen LogP contribution in [0.25, 0.3) is 0 Å². The van der Waals surface area contributed by atoms with Crippen molar-refractivity contribution in [1.29, 1.82) is 0 Å². The summed E-state index contributed by atoms with van der Waals surface area (Å²) in [6.45, 7) is 8.93. The van der Waals surface area contributed by atoms with Crippen LogP contribution in [0.2, 0.25) is 5.02 Å². The zero-order chi connectivity index (χ0) is 32.9. The Bertz CT molecular complexity index is 1450. The largest absolute Gasteiger partial charge is 0.462 e. The number of hydrogen-bond donors (Lipinski definition) is 2. The molecule has 0 bridgehead atoms. The average molecular weight is 676 g/mol. The predicted octanol–water partition coefficient (Wildman–Crippen LogP) is 4.75. The molecule has 0 aromatic heterocycles. The van der Waals surface area contributed by atoms with E-state index in [2.05, 4.69) is 5.32 Å². The van der Waals surface area contributed by atoms with Crippen molar-refractivity contribution in [2.45, 2.75) is 76.6 Å². The Labute approximate surface area is 262 Å². The summed E-state index contributed by atoms with van der Waals surface area (Å²) in [5.41, 5.74) is -0.171. The van der Waals surface area contributed by atoms with E-state index in [1.54, 1.807) is 39.8 Å². The van der Waals surface area contributed by atoms with E-state index >= 15 is 0 Å². The highest BCUT2D eigenvalue weighted by atomic mass is 35.5. The smallest absolute Gasteiger partial charge is 0.407 e. The van der Waals surface area contributed by atoms with Crippen LogP contribution in [0.5, 0.6) is 5.75 Å². The number of aliphatic hydroxyl groups excluding tert-OH is 1. The first-order valence-electron chi connectivity index (χ1n) is 13.8. The van der Waals surface area contributed by atoms with E-state index in [4.69, 9.17) is 34.9 Å². The van der Waals surface area contributed by atoms with Crippen LogP contribution in [0.1, 0.15) is 40.2 Å². The number of nitrogens with one attached hydrogen (secondary N) is 1. The number of hydrogen-bond acceptors (Lipinski definition) is 11. The number of amides is 1. The number of benzene rings is 2. The van der Waals surface area contributed by atoms with E-state index in [-0.39, 0.29) is 23.9 Å². The van der Waals surface area contributed by atoms with Gasteiger partial charge in [0.15, 0.2) is 9.84 Å². The molecule has 2 aromatic carbocycles. The number of halogens is 1. The number of aliphatic hydroxyl groups is 1. The van der Waals surface area contributed by atoms with Crippen molar-refractivity contribution in [3.63, 3.8) is 0 Å². The number of esters is 1. The van der Waals surface area contributed by atoms with Gasteiger partial charge in [-0.25, -0.2) is 17.8 Å². The molecule has 244 valence electrons. The lowest BCUT2D eigenvalue weighted by atomic mass is 9.97.